The molecule has 2 aromatic carbocycles. The molecule has 0 fully saturated rings. The van der Waals surface area contributed by atoms with Crippen molar-refractivity contribution in [2.45, 2.75) is 19.9 Å². The number of allylic oxidation sites excluding steroid dienone is 2. The summed E-state index contributed by atoms with van der Waals surface area (Å²) in [6.45, 7) is 4.89. The number of nitrogens with zero attached hydrogens (tertiary/aromatic N) is 3. The molecule has 2 heterocycles. The van der Waals surface area contributed by atoms with E-state index in [9.17, 15) is 4.79 Å². The fourth-order valence-electron chi connectivity index (χ4n) is 3.59. The summed E-state index contributed by atoms with van der Waals surface area (Å²) in [5.74, 6) is -0.484. The molecule has 0 atom stereocenters. The Morgan fingerprint density at radius 2 is 1.90 bits per heavy atom. The van der Waals surface area contributed by atoms with Gasteiger partial charge in [0, 0.05) is 28.7 Å². The largest absolute Gasteiger partial charge is 0.478 e. The van der Waals surface area contributed by atoms with E-state index in [2.05, 4.69) is 60.1 Å². The molecule has 30 heavy (non-hydrogen) atoms. The van der Waals surface area contributed by atoms with Gasteiger partial charge in [-0.1, -0.05) is 36.4 Å². The van der Waals surface area contributed by atoms with Gasteiger partial charge in [-0.3, -0.25) is 5.01 Å². The number of amidine groups is 1. The second-order valence-corrected chi connectivity index (χ2v) is 7.55. The van der Waals surface area contributed by atoms with Crippen molar-refractivity contribution >= 4 is 34.5 Å². The van der Waals surface area contributed by atoms with Crippen molar-refractivity contribution in [2.24, 2.45) is 10.8 Å². The number of hydrogen-bond acceptors (Lipinski definition) is 4. The number of para-hydroxylation sites is 1. The van der Waals surface area contributed by atoms with Crippen molar-refractivity contribution in [1.82, 2.24) is 4.57 Å². The Morgan fingerprint density at radius 3 is 2.60 bits per heavy atom. The lowest BCUT2D eigenvalue weighted by molar-refractivity contribution is 0.0697. The van der Waals surface area contributed by atoms with E-state index in [-0.39, 0.29) is 5.56 Å². The van der Waals surface area contributed by atoms with E-state index in [0.717, 1.165) is 16.8 Å². The van der Waals surface area contributed by atoms with E-state index >= 15 is 0 Å². The van der Waals surface area contributed by atoms with Crippen LogP contribution in [-0.4, -0.2) is 28.0 Å². The molecule has 0 bridgehead atoms. The Labute approximate surface area is 175 Å². The van der Waals surface area contributed by atoms with Gasteiger partial charge in [-0.25, -0.2) is 4.79 Å². The minimum absolute atomic E-state index is 0.245. The third kappa shape index (κ3) is 3.72. The molecule has 1 aliphatic heterocycles. The molecule has 0 unspecified atom stereocenters. The number of anilines is 1. The van der Waals surface area contributed by atoms with Gasteiger partial charge in [0.05, 0.1) is 17.8 Å². The zero-order chi connectivity index (χ0) is 21.3. The molecule has 6 heteroatoms. The number of nitrogens with two attached hydrogens (primary N) is 1. The van der Waals surface area contributed by atoms with Crippen LogP contribution < -0.4 is 10.7 Å². The van der Waals surface area contributed by atoms with Crippen molar-refractivity contribution < 1.29 is 9.90 Å². The summed E-state index contributed by atoms with van der Waals surface area (Å²) in [5, 5.41) is 16.4. The van der Waals surface area contributed by atoms with Gasteiger partial charge in [0.25, 0.3) is 0 Å². The van der Waals surface area contributed by atoms with Crippen LogP contribution in [0.2, 0.25) is 0 Å². The lowest BCUT2D eigenvalue weighted by Crippen LogP contribution is -2.13. The van der Waals surface area contributed by atoms with Gasteiger partial charge in [-0.15, -0.1) is 0 Å². The molecule has 0 saturated heterocycles. The Balaban J connectivity index is 1.54. The third-order valence-corrected chi connectivity index (χ3v) is 5.19. The molecule has 6 nitrogen and oxygen atoms in total. The number of aromatic nitrogens is 1. The summed E-state index contributed by atoms with van der Waals surface area (Å²) in [7, 11) is 0. The van der Waals surface area contributed by atoms with Crippen molar-refractivity contribution in [2.75, 3.05) is 11.6 Å². The Morgan fingerprint density at radius 1 is 1.17 bits per heavy atom. The van der Waals surface area contributed by atoms with Gasteiger partial charge >= 0.3 is 5.97 Å². The fraction of sp³-hybridized carbons (Fsp3) is 0.167. The Kier molecular flexibility index (Phi) is 5.14. The number of fused-ring (bicyclic) bond motifs is 1. The molecule has 1 aliphatic rings. The highest BCUT2D eigenvalue weighted by atomic mass is 16.4. The van der Waals surface area contributed by atoms with Gasteiger partial charge in [0.15, 0.2) is 0 Å². The van der Waals surface area contributed by atoms with E-state index in [1.54, 1.807) is 29.3 Å². The molecule has 4 rings (SSSR count). The lowest BCUT2D eigenvalue weighted by atomic mass is 10.1. The number of aromatic carboxylic acids is 1. The van der Waals surface area contributed by atoms with Crippen molar-refractivity contribution in [3.63, 3.8) is 0 Å². The minimum Gasteiger partial charge on any atom is -0.478 e. The Hall–Kier alpha value is -3.80. The smallest absolute Gasteiger partial charge is 0.335 e. The highest BCUT2D eigenvalue weighted by Crippen LogP contribution is 2.26. The third-order valence-electron chi connectivity index (χ3n) is 5.19. The summed E-state index contributed by atoms with van der Waals surface area (Å²) < 4.78 is 2.27. The monoisotopic (exact) mass is 400 g/mol. The highest BCUT2D eigenvalue weighted by Gasteiger charge is 2.19. The average molecular weight is 400 g/mol. The van der Waals surface area contributed by atoms with Gasteiger partial charge in [0.2, 0.25) is 0 Å². The van der Waals surface area contributed by atoms with Crippen LogP contribution in [-0.2, 0) is 0 Å². The number of benzene rings is 2. The van der Waals surface area contributed by atoms with Crippen molar-refractivity contribution in [3.05, 3.63) is 83.6 Å². The second kappa shape index (κ2) is 7.91. The van der Waals surface area contributed by atoms with Gasteiger partial charge < -0.3 is 15.4 Å². The van der Waals surface area contributed by atoms with E-state index in [1.807, 2.05) is 12.2 Å². The first kappa shape index (κ1) is 19.5. The van der Waals surface area contributed by atoms with Gasteiger partial charge in [-0.05, 0) is 49.7 Å². The van der Waals surface area contributed by atoms with E-state index < -0.39 is 5.97 Å². The first-order valence-corrected chi connectivity index (χ1v) is 9.86. The van der Waals surface area contributed by atoms with E-state index in [0.29, 0.717) is 18.4 Å². The molecule has 0 radical (unpaired) electrons. The van der Waals surface area contributed by atoms with Crippen LogP contribution in [0.5, 0.6) is 0 Å². The number of carboxylic acids is 1. The maximum Gasteiger partial charge on any atom is 0.335 e. The maximum atomic E-state index is 11.0. The predicted octanol–water partition coefficient (Wildman–Crippen LogP) is 4.65. The van der Waals surface area contributed by atoms with Crippen molar-refractivity contribution in [3.8, 4) is 0 Å². The van der Waals surface area contributed by atoms with Gasteiger partial charge in [-0.2, -0.15) is 5.10 Å². The zero-order valence-electron chi connectivity index (χ0n) is 17.0. The lowest BCUT2D eigenvalue weighted by Gasteiger charge is -2.13. The molecule has 0 saturated carbocycles. The summed E-state index contributed by atoms with van der Waals surface area (Å²) in [6.07, 6.45) is 8.24. The van der Waals surface area contributed by atoms with Crippen LogP contribution in [0.25, 0.3) is 17.0 Å². The highest BCUT2D eigenvalue weighted by molar-refractivity contribution is 6.01. The number of hydrogen-bond donors (Lipinski definition) is 2. The molecule has 3 aromatic rings. The maximum absolute atomic E-state index is 11.0. The number of carboxylic acid groups (broad SMARTS) is 1. The summed E-state index contributed by atoms with van der Waals surface area (Å²) in [4.78, 5) is 11.0. The number of carbonyl (C=O) groups is 1. The average Bonchev–Trinajstić information content (AvgIpc) is 3.29. The molecular weight excluding hydrogens is 376 g/mol. The number of hydrazone groups is 1. The molecule has 0 spiro atoms. The van der Waals surface area contributed by atoms with E-state index in [4.69, 9.17) is 10.8 Å². The topological polar surface area (TPSA) is 83.8 Å². The molecule has 1 aromatic heterocycles. The second-order valence-electron chi connectivity index (χ2n) is 7.55. The molecular formula is C24H24N4O2. The van der Waals surface area contributed by atoms with E-state index in [1.165, 1.54) is 10.9 Å². The first-order chi connectivity index (χ1) is 14.4. The standard InChI is InChI=1S/C24H24N4O2/c1-16(2)27-14-18(21-8-3-4-9-22(21)27)6-5-7-19-15-28(26-23(19)25)20-12-10-17(11-13-20)24(29)30/h3-14,16H,15H2,1-2H3,(H2,25,26)(H,29,30). The van der Waals surface area contributed by atoms with Crippen LogP contribution >= 0.6 is 0 Å². The van der Waals surface area contributed by atoms with Crippen LogP contribution in [0.3, 0.4) is 0 Å². The van der Waals surface area contributed by atoms with Crippen LogP contribution in [0.4, 0.5) is 5.69 Å². The molecule has 152 valence electrons. The summed E-state index contributed by atoms with van der Waals surface area (Å²) >= 11 is 0. The molecule has 0 amide bonds. The molecule has 0 aliphatic carbocycles. The quantitative estimate of drug-likeness (QED) is 0.653. The number of rotatable bonds is 5. The summed E-state index contributed by atoms with van der Waals surface area (Å²) in [5.41, 5.74) is 10.4. The van der Waals surface area contributed by atoms with Gasteiger partial charge in [0.1, 0.15) is 5.84 Å². The van der Waals surface area contributed by atoms with Crippen LogP contribution in [0.1, 0.15) is 35.8 Å². The van der Waals surface area contributed by atoms with Crippen LogP contribution in [0, 0.1) is 0 Å². The SMILES string of the molecule is CC(C)n1cc(C=CC=C2CN(c3ccc(C(=O)O)cc3)N=C2N)c2ccccc21. The first-order valence-electron chi connectivity index (χ1n) is 9.86. The normalized spacial score (nSPS) is 15.6. The van der Waals surface area contributed by atoms with Crippen molar-refractivity contribution in [1.29, 1.82) is 0 Å². The minimum atomic E-state index is -0.949. The summed E-state index contributed by atoms with van der Waals surface area (Å²) in [6, 6.07) is 15.4. The predicted molar refractivity (Wildman–Crippen MR) is 122 cm³/mol. The fourth-order valence-corrected chi connectivity index (χ4v) is 3.59. The zero-order valence-corrected chi connectivity index (χ0v) is 17.0. The molecule has 3 N–H and O–H groups in total. The Bertz CT molecular complexity index is 1180. The van der Waals surface area contributed by atoms with Crippen LogP contribution in [0.15, 0.2) is 77.6 Å².